The minimum Gasteiger partial charge on any atom is -0.507 e. The Morgan fingerprint density at radius 3 is 2.27 bits per heavy atom. The van der Waals surface area contributed by atoms with E-state index < -0.39 is 39.4 Å². The molecule has 0 unspecified atom stereocenters. The lowest BCUT2D eigenvalue weighted by Crippen LogP contribution is -2.37. The molecule has 40 heavy (non-hydrogen) atoms. The molecule has 212 valence electrons. The van der Waals surface area contributed by atoms with Gasteiger partial charge in [-0.2, -0.15) is 0 Å². The van der Waals surface area contributed by atoms with E-state index in [1.54, 1.807) is 31.2 Å². The molecule has 3 aromatic carbocycles. The molecule has 4 rings (SSSR count). The fourth-order valence-corrected chi connectivity index (χ4v) is 5.03. The predicted molar refractivity (Wildman–Crippen MR) is 147 cm³/mol. The van der Waals surface area contributed by atoms with E-state index >= 15 is 0 Å². The maximum absolute atomic E-state index is 13.0. The number of carboxylic acid groups (broad SMARTS) is 1. The van der Waals surface area contributed by atoms with Gasteiger partial charge in [0.25, 0.3) is 11.8 Å². The number of sulfone groups is 1. The number of methoxy groups -OCH3 is 1. The van der Waals surface area contributed by atoms with Crippen LogP contribution >= 0.6 is 0 Å². The van der Waals surface area contributed by atoms with E-state index in [0.717, 1.165) is 11.2 Å². The topological polar surface area (TPSA) is 200 Å². The Morgan fingerprint density at radius 2 is 1.73 bits per heavy atom. The van der Waals surface area contributed by atoms with Crippen molar-refractivity contribution in [1.29, 1.82) is 0 Å². The van der Waals surface area contributed by atoms with Gasteiger partial charge in [0.2, 0.25) is 0 Å². The highest BCUT2D eigenvalue weighted by Crippen LogP contribution is 2.38. The van der Waals surface area contributed by atoms with Gasteiger partial charge in [-0.3, -0.25) is 14.5 Å². The summed E-state index contributed by atoms with van der Waals surface area (Å²) in [6, 6.07) is 12.3. The van der Waals surface area contributed by atoms with Crippen LogP contribution in [-0.4, -0.2) is 67.0 Å². The zero-order valence-electron chi connectivity index (χ0n) is 22.0. The summed E-state index contributed by atoms with van der Waals surface area (Å²) >= 11 is 0. The number of imide groups is 1. The van der Waals surface area contributed by atoms with Crippen LogP contribution in [0.2, 0.25) is 0 Å². The van der Waals surface area contributed by atoms with Crippen molar-refractivity contribution in [2.75, 3.05) is 37.2 Å². The van der Waals surface area contributed by atoms with Crippen LogP contribution in [0.5, 0.6) is 17.2 Å². The van der Waals surface area contributed by atoms with Crippen LogP contribution in [0.15, 0.2) is 54.6 Å². The van der Waals surface area contributed by atoms with Gasteiger partial charge < -0.3 is 31.2 Å². The van der Waals surface area contributed by atoms with Crippen molar-refractivity contribution in [1.82, 2.24) is 4.90 Å². The number of nitrogens with two attached hydrogens (primary N) is 2. The number of fused-ring (bicyclic) bond motifs is 1. The van der Waals surface area contributed by atoms with Crippen molar-refractivity contribution in [3.05, 3.63) is 76.9 Å². The van der Waals surface area contributed by atoms with E-state index in [-0.39, 0.29) is 28.1 Å². The molecule has 0 saturated carbocycles. The molecule has 0 aliphatic carbocycles. The summed E-state index contributed by atoms with van der Waals surface area (Å²) in [6.45, 7) is 2.16. The van der Waals surface area contributed by atoms with Crippen LogP contribution in [0.4, 0.5) is 11.4 Å². The maximum atomic E-state index is 13.0. The zero-order chi connectivity index (χ0) is 29.8. The number of carboxylic acids is 1. The average molecular weight is 572 g/mol. The van der Waals surface area contributed by atoms with Gasteiger partial charge >= 0.3 is 5.97 Å². The number of ether oxygens (including phenoxy) is 2. The molecule has 1 heterocycles. The maximum Gasteiger partial charge on any atom is 0.339 e. The zero-order valence-corrected chi connectivity index (χ0v) is 22.8. The molecular formula is C27H29N3O9S. The van der Waals surface area contributed by atoms with E-state index in [2.05, 4.69) is 0 Å². The fraction of sp³-hybridized carbons (Fsp3) is 0.222. The summed E-state index contributed by atoms with van der Waals surface area (Å²) < 4.78 is 35.1. The number of carbonyl (C=O) groups excluding carboxylic acids is 2. The Hall–Kier alpha value is -4.78. The summed E-state index contributed by atoms with van der Waals surface area (Å²) in [6.07, 6.45) is 1.06. The van der Waals surface area contributed by atoms with Gasteiger partial charge in [0.15, 0.2) is 11.5 Å². The second-order valence-electron chi connectivity index (χ2n) is 8.78. The average Bonchev–Trinajstić information content (AvgIpc) is 3.14. The van der Waals surface area contributed by atoms with Crippen LogP contribution in [0.1, 0.15) is 49.6 Å². The van der Waals surface area contributed by atoms with Crippen molar-refractivity contribution < 1.29 is 42.5 Å². The first-order chi connectivity index (χ1) is 18.8. The highest BCUT2D eigenvalue weighted by atomic mass is 32.2. The second kappa shape index (κ2) is 11.9. The predicted octanol–water partition coefficient (Wildman–Crippen LogP) is 2.73. The molecule has 6 N–H and O–H groups in total. The van der Waals surface area contributed by atoms with E-state index in [1.807, 2.05) is 0 Å². The van der Waals surface area contributed by atoms with Crippen molar-refractivity contribution in [2.24, 2.45) is 0 Å². The summed E-state index contributed by atoms with van der Waals surface area (Å²) in [5, 5.41) is 17.4. The minimum absolute atomic E-state index is 0.0922. The van der Waals surface area contributed by atoms with Crippen molar-refractivity contribution >= 4 is 39.0 Å². The molecule has 12 nitrogen and oxygen atoms in total. The molecule has 2 amide bonds. The number of aromatic carboxylic acids is 1. The third kappa shape index (κ3) is 6.43. The molecule has 0 bridgehead atoms. The quantitative estimate of drug-likeness (QED) is 0.176. The molecule has 0 saturated heterocycles. The number of nitrogen functional groups attached to an aromatic ring is 2. The van der Waals surface area contributed by atoms with Crippen molar-refractivity contribution in [2.45, 2.75) is 13.0 Å². The van der Waals surface area contributed by atoms with Gasteiger partial charge in [-0.05, 0) is 55.0 Å². The first-order valence-corrected chi connectivity index (χ1v) is 13.9. The van der Waals surface area contributed by atoms with Crippen LogP contribution in [0, 0.1) is 0 Å². The molecular weight excluding hydrogens is 542 g/mol. The normalized spacial score (nSPS) is 13.2. The van der Waals surface area contributed by atoms with Crippen LogP contribution in [0.25, 0.3) is 0 Å². The monoisotopic (exact) mass is 571 g/mol. The van der Waals surface area contributed by atoms with Crippen LogP contribution in [0.3, 0.4) is 0 Å². The van der Waals surface area contributed by atoms with Crippen molar-refractivity contribution in [3.8, 4) is 17.2 Å². The van der Waals surface area contributed by atoms with Gasteiger partial charge in [0, 0.05) is 17.6 Å². The molecule has 13 heteroatoms. The third-order valence-electron chi connectivity index (χ3n) is 5.87. The summed E-state index contributed by atoms with van der Waals surface area (Å²) in [4.78, 5) is 37.3. The lowest BCUT2D eigenvalue weighted by atomic mass is 10.1. The highest BCUT2D eigenvalue weighted by Gasteiger charge is 2.43. The molecule has 3 aromatic rings. The van der Waals surface area contributed by atoms with Gasteiger partial charge in [-0.15, -0.1) is 0 Å². The molecule has 0 aromatic heterocycles. The van der Waals surface area contributed by atoms with E-state index in [4.69, 9.17) is 31.2 Å². The largest absolute Gasteiger partial charge is 0.507 e. The summed E-state index contributed by atoms with van der Waals surface area (Å²) in [5.74, 6) is -2.25. The fourth-order valence-electron chi connectivity index (χ4n) is 4.11. The summed E-state index contributed by atoms with van der Waals surface area (Å²) in [7, 11) is -2.06. The van der Waals surface area contributed by atoms with E-state index in [1.165, 1.54) is 37.4 Å². The molecule has 1 atom stereocenters. The number of aromatic hydroxyl groups is 1. The third-order valence-corrected chi connectivity index (χ3v) is 6.80. The lowest BCUT2D eigenvalue weighted by molar-refractivity contribution is 0.0596. The van der Waals surface area contributed by atoms with E-state index in [9.17, 15) is 22.8 Å². The second-order valence-corrected chi connectivity index (χ2v) is 11.0. The Labute approximate surface area is 230 Å². The van der Waals surface area contributed by atoms with Crippen LogP contribution in [-0.2, 0) is 9.84 Å². The van der Waals surface area contributed by atoms with Gasteiger partial charge in [-0.1, -0.05) is 12.1 Å². The SMILES string of the molecule is CCOc1cc([C@@H](CS(C)(=O)=O)N2C(=O)c3cccc(N)c3C2=O)ccc1OC.Nc1ccc(O)c(C(=O)O)c1. The number of phenols is 1. The Kier molecular flexibility index (Phi) is 8.89. The summed E-state index contributed by atoms with van der Waals surface area (Å²) in [5.41, 5.74) is 12.2. The molecule has 0 fully saturated rings. The highest BCUT2D eigenvalue weighted by molar-refractivity contribution is 7.90. The van der Waals surface area contributed by atoms with Gasteiger partial charge in [0.1, 0.15) is 21.2 Å². The Bertz CT molecular complexity index is 1570. The number of benzene rings is 3. The van der Waals surface area contributed by atoms with E-state index in [0.29, 0.717) is 29.4 Å². The molecule has 0 radical (unpaired) electrons. The standard InChI is InChI=1S/C20H22N2O6S.C7H7NO3/c1-4-28-17-10-12(8-9-16(17)27-2)15(11-29(3,25)26)22-19(23)13-6-5-7-14(21)18(13)20(22)24;8-4-1-2-6(9)5(3-4)7(10)11/h5-10,15H,4,11,21H2,1-3H3;1-3,9H,8H2,(H,10,11)/t15-;/m1./s1. The van der Waals surface area contributed by atoms with Gasteiger partial charge in [-0.25, -0.2) is 13.2 Å². The number of anilines is 2. The molecule has 0 spiro atoms. The Balaban J connectivity index is 0.000000336. The number of hydrogen-bond donors (Lipinski definition) is 4. The number of hydrogen-bond acceptors (Lipinski definition) is 10. The lowest BCUT2D eigenvalue weighted by Gasteiger charge is -2.26. The smallest absolute Gasteiger partial charge is 0.339 e. The first kappa shape index (κ1) is 29.8. The number of rotatable bonds is 8. The molecule has 1 aliphatic heterocycles. The van der Waals surface area contributed by atoms with Crippen molar-refractivity contribution in [3.63, 3.8) is 0 Å². The van der Waals surface area contributed by atoms with Gasteiger partial charge in [0.05, 0.1) is 36.6 Å². The molecule has 1 aliphatic rings. The number of amides is 2. The van der Waals surface area contributed by atoms with Crippen LogP contribution < -0.4 is 20.9 Å². The minimum atomic E-state index is -3.54. The number of carbonyl (C=O) groups is 3. The number of nitrogens with zero attached hydrogens (tertiary/aromatic N) is 1. The Morgan fingerprint density at radius 1 is 1.02 bits per heavy atom. The first-order valence-electron chi connectivity index (χ1n) is 11.9.